The van der Waals surface area contributed by atoms with E-state index >= 15 is 0 Å². The van der Waals surface area contributed by atoms with Gasteiger partial charge < -0.3 is 20.1 Å². The SMILES string of the molecule is COc1cccc(C2=C[C@H](c3cccc(OC)c3)n3ncc(C(=O)Nc4ccc(Cl)cc4)c3N2)c1. The number of nitrogens with zero attached hydrogens (tertiary/aromatic N) is 2. The van der Waals surface area contributed by atoms with E-state index in [9.17, 15) is 4.79 Å². The summed E-state index contributed by atoms with van der Waals surface area (Å²) in [7, 11) is 3.27. The van der Waals surface area contributed by atoms with Crippen LogP contribution in [0.4, 0.5) is 11.5 Å². The van der Waals surface area contributed by atoms with Gasteiger partial charge in [0.05, 0.1) is 26.5 Å². The molecular formula is C27H23ClN4O3. The van der Waals surface area contributed by atoms with Gasteiger partial charge in [-0.15, -0.1) is 0 Å². The van der Waals surface area contributed by atoms with Crippen molar-refractivity contribution < 1.29 is 14.3 Å². The smallest absolute Gasteiger partial charge is 0.261 e. The van der Waals surface area contributed by atoms with Crippen molar-refractivity contribution in [3.63, 3.8) is 0 Å². The number of aromatic nitrogens is 2. The average Bonchev–Trinajstić information content (AvgIpc) is 3.34. The minimum absolute atomic E-state index is 0.264. The number of halogens is 1. The highest BCUT2D eigenvalue weighted by atomic mass is 35.5. The molecule has 176 valence electrons. The number of benzene rings is 3. The topological polar surface area (TPSA) is 77.4 Å². The molecule has 0 bridgehead atoms. The summed E-state index contributed by atoms with van der Waals surface area (Å²) in [6, 6.07) is 22.3. The van der Waals surface area contributed by atoms with Gasteiger partial charge in [0.2, 0.25) is 0 Å². The Hall–Kier alpha value is -4.23. The van der Waals surface area contributed by atoms with Crippen LogP contribution in [-0.4, -0.2) is 29.9 Å². The molecule has 1 aromatic heterocycles. The van der Waals surface area contributed by atoms with Gasteiger partial charge in [0.1, 0.15) is 22.9 Å². The minimum atomic E-state index is -0.280. The van der Waals surface area contributed by atoms with E-state index in [0.717, 1.165) is 28.3 Å². The zero-order valence-corrected chi connectivity index (χ0v) is 19.9. The number of carbonyl (C=O) groups is 1. The van der Waals surface area contributed by atoms with Gasteiger partial charge in [-0.25, -0.2) is 4.68 Å². The fourth-order valence-corrected chi connectivity index (χ4v) is 4.14. The number of anilines is 2. The van der Waals surface area contributed by atoms with E-state index in [2.05, 4.69) is 21.8 Å². The summed E-state index contributed by atoms with van der Waals surface area (Å²) in [5.41, 5.74) is 3.80. The molecule has 0 unspecified atom stereocenters. The Kier molecular flexibility index (Phi) is 6.16. The predicted octanol–water partition coefficient (Wildman–Crippen LogP) is 5.86. The highest BCUT2D eigenvalue weighted by Gasteiger charge is 2.28. The van der Waals surface area contributed by atoms with E-state index in [0.29, 0.717) is 22.1 Å². The number of allylic oxidation sites excluding steroid dienone is 1. The number of amides is 1. The molecular weight excluding hydrogens is 464 g/mol. The van der Waals surface area contributed by atoms with E-state index in [-0.39, 0.29) is 11.9 Å². The molecule has 2 N–H and O–H groups in total. The molecule has 0 fully saturated rings. The van der Waals surface area contributed by atoms with Crippen molar-refractivity contribution in [1.82, 2.24) is 9.78 Å². The van der Waals surface area contributed by atoms with Crippen LogP contribution < -0.4 is 20.1 Å². The molecule has 8 heteroatoms. The Morgan fingerprint density at radius 2 is 1.71 bits per heavy atom. The summed E-state index contributed by atoms with van der Waals surface area (Å²) in [6.07, 6.45) is 3.65. The largest absolute Gasteiger partial charge is 0.497 e. The van der Waals surface area contributed by atoms with Crippen LogP contribution in [0.25, 0.3) is 5.70 Å². The Bertz CT molecular complexity index is 1410. The maximum Gasteiger partial charge on any atom is 0.261 e. The molecule has 4 aromatic rings. The molecule has 0 aliphatic carbocycles. The van der Waals surface area contributed by atoms with Crippen molar-refractivity contribution in [2.45, 2.75) is 6.04 Å². The molecule has 1 aliphatic heterocycles. The fraction of sp³-hybridized carbons (Fsp3) is 0.111. The van der Waals surface area contributed by atoms with Crippen molar-refractivity contribution in [3.8, 4) is 11.5 Å². The molecule has 3 aromatic carbocycles. The number of methoxy groups -OCH3 is 2. The molecule has 0 saturated carbocycles. The quantitative estimate of drug-likeness (QED) is 0.357. The second-order valence-electron chi connectivity index (χ2n) is 7.97. The fourth-order valence-electron chi connectivity index (χ4n) is 4.02. The summed E-state index contributed by atoms with van der Waals surface area (Å²) >= 11 is 5.97. The first kappa shape index (κ1) is 22.6. The van der Waals surface area contributed by atoms with Gasteiger partial charge >= 0.3 is 0 Å². The zero-order valence-electron chi connectivity index (χ0n) is 19.2. The minimum Gasteiger partial charge on any atom is -0.497 e. The molecule has 7 nitrogen and oxygen atoms in total. The van der Waals surface area contributed by atoms with Crippen LogP contribution in [0.15, 0.2) is 85.1 Å². The Morgan fingerprint density at radius 3 is 2.46 bits per heavy atom. The normalized spacial score (nSPS) is 14.4. The lowest BCUT2D eigenvalue weighted by atomic mass is 10.0. The highest BCUT2D eigenvalue weighted by molar-refractivity contribution is 6.30. The van der Waals surface area contributed by atoms with E-state index in [1.807, 2.05) is 48.5 Å². The first-order valence-corrected chi connectivity index (χ1v) is 11.3. The maximum absolute atomic E-state index is 13.2. The molecule has 1 amide bonds. The van der Waals surface area contributed by atoms with Crippen molar-refractivity contribution in [2.24, 2.45) is 0 Å². The molecule has 1 aliphatic rings. The van der Waals surface area contributed by atoms with Gasteiger partial charge in [0, 0.05) is 22.0 Å². The van der Waals surface area contributed by atoms with Crippen molar-refractivity contribution >= 4 is 34.7 Å². The van der Waals surface area contributed by atoms with Crippen LogP contribution in [0.5, 0.6) is 11.5 Å². The van der Waals surface area contributed by atoms with Crippen LogP contribution >= 0.6 is 11.6 Å². The number of rotatable bonds is 6. The summed E-state index contributed by atoms with van der Waals surface area (Å²) in [5.74, 6) is 1.79. The van der Waals surface area contributed by atoms with Crippen molar-refractivity contribution in [3.05, 3.63) is 107 Å². The van der Waals surface area contributed by atoms with Crippen molar-refractivity contribution in [1.29, 1.82) is 0 Å². The van der Waals surface area contributed by atoms with Gasteiger partial charge in [-0.3, -0.25) is 4.79 Å². The number of nitrogens with one attached hydrogen (secondary N) is 2. The number of fused-ring (bicyclic) bond motifs is 1. The first-order valence-electron chi connectivity index (χ1n) is 11.0. The molecule has 0 spiro atoms. The number of hydrogen-bond donors (Lipinski definition) is 2. The van der Waals surface area contributed by atoms with E-state index in [4.69, 9.17) is 21.1 Å². The van der Waals surface area contributed by atoms with Gasteiger partial charge in [0.25, 0.3) is 5.91 Å². The molecule has 0 saturated heterocycles. The lowest BCUT2D eigenvalue weighted by Gasteiger charge is -2.26. The van der Waals surface area contributed by atoms with Crippen LogP contribution in [0.3, 0.4) is 0 Å². The zero-order chi connectivity index (χ0) is 24.4. The van der Waals surface area contributed by atoms with E-state index in [1.165, 1.54) is 0 Å². The lowest BCUT2D eigenvalue weighted by molar-refractivity contribution is 0.102. The number of ether oxygens (including phenoxy) is 2. The average molecular weight is 487 g/mol. The monoisotopic (exact) mass is 486 g/mol. The highest BCUT2D eigenvalue weighted by Crippen LogP contribution is 2.37. The standard InChI is InChI=1S/C27H23ClN4O3/c1-34-21-7-3-5-17(13-21)24-15-25(18-6-4-8-22(14-18)35-2)32-26(31-24)23(16-29-32)27(33)30-20-11-9-19(28)10-12-20/h3-16,25,31H,1-2H3,(H,30,33)/t25-/m1/s1. The van der Waals surface area contributed by atoms with Crippen molar-refractivity contribution in [2.75, 3.05) is 24.9 Å². The Morgan fingerprint density at radius 1 is 1.00 bits per heavy atom. The van der Waals surface area contributed by atoms with Gasteiger partial charge in [-0.1, -0.05) is 35.9 Å². The molecule has 35 heavy (non-hydrogen) atoms. The second kappa shape index (κ2) is 9.56. The third kappa shape index (κ3) is 4.58. The molecule has 0 radical (unpaired) electrons. The summed E-state index contributed by atoms with van der Waals surface area (Å²) in [4.78, 5) is 13.2. The number of hydrogen-bond acceptors (Lipinski definition) is 5. The second-order valence-corrected chi connectivity index (χ2v) is 8.41. The Balaban J connectivity index is 1.57. The van der Waals surface area contributed by atoms with Crippen LogP contribution in [0, 0.1) is 0 Å². The predicted molar refractivity (Wildman–Crippen MR) is 137 cm³/mol. The third-order valence-corrected chi connectivity index (χ3v) is 6.05. The van der Waals surface area contributed by atoms with Gasteiger partial charge in [-0.2, -0.15) is 5.10 Å². The van der Waals surface area contributed by atoms with Crippen LogP contribution in [0.2, 0.25) is 5.02 Å². The maximum atomic E-state index is 13.2. The van der Waals surface area contributed by atoms with E-state index < -0.39 is 0 Å². The molecule has 5 rings (SSSR count). The van der Waals surface area contributed by atoms with Gasteiger partial charge in [-0.05, 0) is 60.2 Å². The first-order chi connectivity index (χ1) is 17.1. The summed E-state index contributed by atoms with van der Waals surface area (Å²) in [5, 5.41) is 11.5. The van der Waals surface area contributed by atoms with Gasteiger partial charge in [0.15, 0.2) is 0 Å². The summed E-state index contributed by atoms with van der Waals surface area (Å²) in [6.45, 7) is 0. The molecule has 1 atom stereocenters. The van der Waals surface area contributed by atoms with Crippen LogP contribution in [0.1, 0.15) is 27.5 Å². The summed E-state index contributed by atoms with van der Waals surface area (Å²) < 4.78 is 12.7. The third-order valence-electron chi connectivity index (χ3n) is 5.80. The van der Waals surface area contributed by atoms with Crippen LogP contribution in [-0.2, 0) is 0 Å². The Labute approximate surface area is 207 Å². The molecule has 2 heterocycles. The van der Waals surface area contributed by atoms with E-state index in [1.54, 1.807) is 49.4 Å². The lowest BCUT2D eigenvalue weighted by Crippen LogP contribution is -2.22. The number of carbonyl (C=O) groups excluding carboxylic acids is 1.